The molecule has 0 unspecified atom stereocenters. The predicted molar refractivity (Wildman–Crippen MR) is 68.4 cm³/mol. The summed E-state index contributed by atoms with van der Waals surface area (Å²) in [5, 5.41) is 17.7. The van der Waals surface area contributed by atoms with Crippen LogP contribution in [0.3, 0.4) is 0 Å². The number of aliphatic hydroxyl groups is 1. The zero-order valence-electron chi connectivity index (χ0n) is 10.1. The van der Waals surface area contributed by atoms with Crippen molar-refractivity contribution in [1.29, 1.82) is 5.26 Å². The molecule has 0 aliphatic carbocycles. The molecule has 0 fully saturated rings. The first-order valence-electron chi connectivity index (χ1n) is 5.81. The Morgan fingerprint density at radius 2 is 1.89 bits per heavy atom. The summed E-state index contributed by atoms with van der Waals surface area (Å²) in [7, 11) is 0. The maximum Gasteiger partial charge on any atom is 0.148 e. The van der Waals surface area contributed by atoms with E-state index in [4.69, 9.17) is 15.1 Å². The van der Waals surface area contributed by atoms with Gasteiger partial charge in [-0.15, -0.1) is 0 Å². The molecule has 0 bridgehead atoms. The van der Waals surface area contributed by atoms with Crippen molar-refractivity contribution in [3.8, 4) is 17.6 Å². The molecule has 0 radical (unpaired) electrons. The van der Waals surface area contributed by atoms with Crippen LogP contribution < -0.4 is 4.74 Å². The number of halogens is 1. The molecule has 1 N–H and O–H groups in total. The van der Waals surface area contributed by atoms with Crippen molar-refractivity contribution in [3.63, 3.8) is 0 Å². The lowest BCUT2D eigenvalue weighted by atomic mass is 10.1. The lowest BCUT2D eigenvalue weighted by Gasteiger charge is -2.08. The molecular weight excluding hydrogens is 245 g/mol. The highest BCUT2D eigenvalue weighted by atomic mass is 19.1. The molecule has 19 heavy (non-hydrogen) atoms. The van der Waals surface area contributed by atoms with Crippen LogP contribution in [0.1, 0.15) is 11.1 Å². The molecule has 0 saturated heterocycles. The third-order valence-corrected chi connectivity index (χ3v) is 2.64. The molecule has 4 heteroatoms. The third kappa shape index (κ3) is 3.09. The fourth-order valence-corrected chi connectivity index (χ4v) is 1.68. The topological polar surface area (TPSA) is 53.2 Å². The molecule has 0 spiro atoms. The average Bonchev–Trinajstić information content (AvgIpc) is 2.42. The van der Waals surface area contributed by atoms with Crippen molar-refractivity contribution >= 4 is 0 Å². The highest BCUT2D eigenvalue weighted by Gasteiger charge is 2.09. The van der Waals surface area contributed by atoms with Crippen LogP contribution in [0.4, 0.5) is 4.39 Å². The van der Waals surface area contributed by atoms with Gasteiger partial charge < -0.3 is 9.84 Å². The normalized spacial score (nSPS) is 9.95. The number of nitrogens with zero attached hydrogens (tertiary/aromatic N) is 1. The van der Waals surface area contributed by atoms with Crippen molar-refractivity contribution in [2.45, 2.75) is 6.42 Å². The van der Waals surface area contributed by atoms with Gasteiger partial charge in [0.1, 0.15) is 28.9 Å². The van der Waals surface area contributed by atoms with Crippen LogP contribution in [-0.2, 0) is 6.42 Å². The Hall–Kier alpha value is -2.38. The molecule has 0 atom stereocenters. The summed E-state index contributed by atoms with van der Waals surface area (Å²) in [6, 6.07) is 13.1. The van der Waals surface area contributed by atoms with E-state index in [1.165, 1.54) is 12.1 Å². The highest BCUT2D eigenvalue weighted by Crippen LogP contribution is 2.26. The van der Waals surface area contributed by atoms with Gasteiger partial charge in [-0.1, -0.05) is 18.2 Å². The summed E-state index contributed by atoms with van der Waals surface area (Å²) in [6.45, 7) is 0.0860. The molecule has 0 aliphatic heterocycles. The summed E-state index contributed by atoms with van der Waals surface area (Å²) in [5.74, 6) is 0.109. The summed E-state index contributed by atoms with van der Waals surface area (Å²) in [5.41, 5.74) is 0.872. The van der Waals surface area contributed by atoms with Gasteiger partial charge in [0.2, 0.25) is 0 Å². The quantitative estimate of drug-likeness (QED) is 0.915. The van der Waals surface area contributed by atoms with E-state index in [1.54, 1.807) is 24.3 Å². The Bertz CT molecular complexity index is 603. The van der Waals surface area contributed by atoms with Gasteiger partial charge in [0, 0.05) is 6.61 Å². The largest absolute Gasteiger partial charge is 0.456 e. The van der Waals surface area contributed by atoms with E-state index >= 15 is 0 Å². The van der Waals surface area contributed by atoms with E-state index < -0.39 is 5.82 Å². The minimum Gasteiger partial charge on any atom is -0.456 e. The average molecular weight is 257 g/mol. The van der Waals surface area contributed by atoms with Crippen molar-refractivity contribution in [2.24, 2.45) is 0 Å². The van der Waals surface area contributed by atoms with Crippen LogP contribution in [0.25, 0.3) is 0 Å². The number of hydrogen-bond donors (Lipinski definition) is 1. The molecule has 0 aliphatic rings. The number of ether oxygens (including phenoxy) is 1. The molecular formula is C15H12FNO2. The fourth-order valence-electron chi connectivity index (χ4n) is 1.68. The van der Waals surface area contributed by atoms with Crippen molar-refractivity contribution < 1.29 is 14.2 Å². The Morgan fingerprint density at radius 3 is 2.53 bits per heavy atom. The molecule has 96 valence electrons. The first-order valence-corrected chi connectivity index (χ1v) is 5.81. The lowest BCUT2D eigenvalue weighted by molar-refractivity contribution is 0.299. The summed E-state index contributed by atoms with van der Waals surface area (Å²) >= 11 is 0. The van der Waals surface area contributed by atoms with Crippen LogP contribution >= 0.6 is 0 Å². The maximum atomic E-state index is 13.4. The molecule has 2 aromatic rings. The van der Waals surface area contributed by atoms with Gasteiger partial charge in [-0.2, -0.15) is 5.26 Å². The van der Waals surface area contributed by atoms with E-state index in [9.17, 15) is 4.39 Å². The van der Waals surface area contributed by atoms with Crippen LogP contribution in [0, 0.1) is 17.1 Å². The molecule has 0 saturated carbocycles. The van der Waals surface area contributed by atoms with Gasteiger partial charge in [-0.3, -0.25) is 0 Å². The molecule has 0 aromatic heterocycles. The molecule has 3 nitrogen and oxygen atoms in total. The van der Waals surface area contributed by atoms with Crippen LogP contribution in [-0.4, -0.2) is 11.7 Å². The lowest BCUT2D eigenvalue weighted by Crippen LogP contribution is -1.93. The van der Waals surface area contributed by atoms with Gasteiger partial charge in [-0.05, 0) is 36.2 Å². The molecule has 2 rings (SSSR count). The van der Waals surface area contributed by atoms with Crippen LogP contribution in [0.5, 0.6) is 11.5 Å². The van der Waals surface area contributed by atoms with E-state index in [-0.39, 0.29) is 17.9 Å². The summed E-state index contributed by atoms with van der Waals surface area (Å²) in [6.07, 6.45) is 0.573. The second-order valence-corrected chi connectivity index (χ2v) is 3.94. The van der Waals surface area contributed by atoms with Gasteiger partial charge in [0.15, 0.2) is 0 Å². The molecule has 2 aromatic carbocycles. The molecule has 0 heterocycles. The zero-order valence-corrected chi connectivity index (χ0v) is 10.1. The predicted octanol–water partition coefficient (Wildman–Crippen LogP) is 3.02. The fraction of sp³-hybridized carbons (Fsp3) is 0.133. The van der Waals surface area contributed by atoms with Crippen LogP contribution in [0.2, 0.25) is 0 Å². The number of aliphatic hydroxyl groups excluding tert-OH is 1. The van der Waals surface area contributed by atoms with Gasteiger partial charge in [0.05, 0.1) is 0 Å². The number of benzene rings is 2. The number of hydrogen-bond acceptors (Lipinski definition) is 3. The monoisotopic (exact) mass is 257 g/mol. The van der Waals surface area contributed by atoms with Gasteiger partial charge in [0.25, 0.3) is 0 Å². The standard InChI is InChI=1S/C15H12FNO2/c16-14-2-1-3-15(13(14)10-17)19-12-6-4-11(5-7-12)8-9-18/h1-7,18H,8-9H2. The van der Waals surface area contributed by atoms with Crippen molar-refractivity contribution in [1.82, 2.24) is 0 Å². The Balaban J connectivity index is 2.22. The van der Waals surface area contributed by atoms with E-state index in [0.29, 0.717) is 12.2 Å². The molecule has 0 amide bonds. The highest BCUT2D eigenvalue weighted by molar-refractivity contribution is 5.46. The zero-order chi connectivity index (χ0) is 13.7. The Labute approximate surface area is 110 Å². The third-order valence-electron chi connectivity index (χ3n) is 2.64. The smallest absolute Gasteiger partial charge is 0.148 e. The SMILES string of the molecule is N#Cc1c(F)cccc1Oc1ccc(CCO)cc1. The van der Waals surface area contributed by atoms with Crippen molar-refractivity contribution in [3.05, 3.63) is 59.4 Å². The first kappa shape index (κ1) is 13.1. The van der Waals surface area contributed by atoms with Crippen LogP contribution in [0.15, 0.2) is 42.5 Å². The Morgan fingerprint density at radius 1 is 1.16 bits per heavy atom. The Kier molecular flexibility index (Phi) is 4.11. The second kappa shape index (κ2) is 5.98. The van der Waals surface area contributed by atoms with Crippen molar-refractivity contribution in [2.75, 3.05) is 6.61 Å². The number of nitriles is 1. The number of rotatable bonds is 4. The second-order valence-electron chi connectivity index (χ2n) is 3.94. The van der Waals surface area contributed by atoms with Gasteiger partial charge in [-0.25, -0.2) is 4.39 Å². The summed E-state index contributed by atoms with van der Waals surface area (Å²) < 4.78 is 18.9. The van der Waals surface area contributed by atoms with Gasteiger partial charge >= 0.3 is 0 Å². The minimum atomic E-state index is -0.600. The first-order chi connectivity index (χ1) is 9.24. The van der Waals surface area contributed by atoms with E-state index in [1.807, 2.05) is 12.1 Å². The maximum absolute atomic E-state index is 13.4. The minimum absolute atomic E-state index is 0.0860. The summed E-state index contributed by atoms with van der Waals surface area (Å²) in [4.78, 5) is 0. The van der Waals surface area contributed by atoms with E-state index in [0.717, 1.165) is 5.56 Å². The van der Waals surface area contributed by atoms with E-state index in [2.05, 4.69) is 0 Å².